The molecule has 0 bridgehead atoms. The Kier molecular flexibility index (Phi) is 10.6. The number of aromatic hydroxyl groups is 1. The Hall–Kier alpha value is -4.46. The van der Waals surface area contributed by atoms with Gasteiger partial charge in [-0.15, -0.1) is 0 Å². The molecular weight excluding hydrogens is 596 g/mol. The van der Waals surface area contributed by atoms with E-state index in [1.54, 1.807) is 14.2 Å². The van der Waals surface area contributed by atoms with Gasteiger partial charge in [-0.25, -0.2) is 0 Å². The van der Waals surface area contributed by atoms with Crippen LogP contribution in [0.4, 0.5) is 5.69 Å². The van der Waals surface area contributed by atoms with E-state index in [1.807, 2.05) is 12.1 Å². The Bertz CT molecular complexity index is 1720. The summed E-state index contributed by atoms with van der Waals surface area (Å²) in [4.78, 5) is 5.03. The molecule has 2 heterocycles. The quantitative estimate of drug-likeness (QED) is 0.125. The molecule has 0 radical (unpaired) electrons. The molecule has 0 aliphatic carbocycles. The molecule has 4 aromatic carbocycles. The molecule has 0 spiro atoms. The molecule has 1 saturated heterocycles. The normalized spacial score (nSPS) is 15.1. The van der Waals surface area contributed by atoms with Gasteiger partial charge in [-0.05, 0) is 67.3 Å². The third-order valence-electron chi connectivity index (χ3n) is 10.3. The molecular formula is C41H51N4O3+. The zero-order valence-corrected chi connectivity index (χ0v) is 29.0. The molecule has 1 N–H and O–H groups in total. The van der Waals surface area contributed by atoms with Crippen molar-refractivity contribution in [2.75, 3.05) is 65.4 Å². The van der Waals surface area contributed by atoms with E-state index in [1.165, 1.54) is 16.8 Å². The van der Waals surface area contributed by atoms with Crippen molar-refractivity contribution in [1.29, 1.82) is 0 Å². The first-order chi connectivity index (χ1) is 23.4. The number of likely N-dealkylation sites (N-methyl/N-ethyl adjacent to an activating group) is 1. The summed E-state index contributed by atoms with van der Waals surface area (Å²) in [5.41, 5.74) is 4.90. The highest BCUT2D eigenvalue weighted by Gasteiger charge is 2.29. The lowest BCUT2D eigenvalue weighted by Gasteiger charge is -2.42. The Morgan fingerprint density at radius 1 is 0.792 bits per heavy atom. The van der Waals surface area contributed by atoms with E-state index in [0.29, 0.717) is 17.4 Å². The SMILES string of the molecule is CC[N+]1(C)CCN(c2cccc3c(O)n([C@H](CCCN(Cc4ccccc4)Cc4ccccc4)c4ccc(OC)c(OC)c4)cc23)CC1. The highest BCUT2D eigenvalue weighted by Crippen LogP contribution is 2.41. The number of anilines is 1. The first-order valence-electron chi connectivity index (χ1n) is 17.3. The van der Waals surface area contributed by atoms with E-state index < -0.39 is 0 Å². The summed E-state index contributed by atoms with van der Waals surface area (Å²) in [6, 6.07) is 33.8. The van der Waals surface area contributed by atoms with Gasteiger partial charge in [-0.2, -0.15) is 0 Å². The van der Waals surface area contributed by atoms with Crippen molar-refractivity contribution in [1.82, 2.24) is 9.47 Å². The van der Waals surface area contributed by atoms with Gasteiger partial charge in [0, 0.05) is 35.7 Å². The van der Waals surface area contributed by atoms with Gasteiger partial charge in [-0.3, -0.25) is 4.90 Å². The molecule has 1 aliphatic heterocycles. The lowest BCUT2D eigenvalue weighted by molar-refractivity contribution is -0.908. The number of methoxy groups -OCH3 is 2. The van der Waals surface area contributed by atoms with E-state index in [4.69, 9.17) is 9.47 Å². The van der Waals surface area contributed by atoms with E-state index >= 15 is 0 Å². The molecule has 7 nitrogen and oxygen atoms in total. The maximum atomic E-state index is 11.9. The van der Waals surface area contributed by atoms with Crippen LogP contribution in [0.1, 0.15) is 42.5 Å². The van der Waals surface area contributed by atoms with E-state index in [9.17, 15) is 5.11 Å². The first-order valence-corrected chi connectivity index (χ1v) is 17.3. The second kappa shape index (κ2) is 15.2. The van der Waals surface area contributed by atoms with E-state index in [0.717, 1.165) is 86.0 Å². The van der Waals surface area contributed by atoms with Crippen LogP contribution in [0.25, 0.3) is 10.8 Å². The van der Waals surface area contributed by atoms with Gasteiger partial charge in [0.25, 0.3) is 0 Å². The summed E-state index contributed by atoms with van der Waals surface area (Å²) < 4.78 is 14.5. The summed E-state index contributed by atoms with van der Waals surface area (Å²) in [5, 5.41) is 13.9. The van der Waals surface area contributed by atoms with Crippen LogP contribution in [0.2, 0.25) is 0 Å². The fourth-order valence-corrected chi connectivity index (χ4v) is 7.17. The minimum absolute atomic E-state index is 0.0956. The molecule has 1 atom stereocenters. The van der Waals surface area contributed by atoms with Gasteiger partial charge < -0.3 is 28.5 Å². The van der Waals surface area contributed by atoms with Crippen molar-refractivity contribution in [3.63, 3.8) is 0 Å². The number of nitrogens with zero attached hydrogens (tertiary/aromatic N) is 4. The van der Waals surface area contributed by atoms with Crippen molar-refractivity contribution in [2.45, 2.75) is 38.9 Å². The van der Waals surface area contributed by atoms with Gasteiger partial charge in [0.05, 0.1) is 60.0 Å². The van der Waals surface area contributed by atoms with Gasteiger partial charge in [0.15, 0.2) is 17.4 Å². The highest BCUT2D eigenvalue weighted by atomic mass is 16.5. The molecule has 252 valence electrons. The van der Waals surface area contributed by atoms with Crippen LogP contribution < -0.4 is 14.4 Å². The number of piperazine rings is 1. The van der Waals surface area contributed by atoms with Gasteiger partial charge in [0.2, 0.25) is 0 Å². The Labute approximate surface area is 286 Å². The van der Waals surface area contributed by atoms with Crippen LogP contribution >= 0.6 is 0 Å². The largest absolute Gasteiger partial charge is 0.494 e. The van der Waals surface area contributed by atoms with Gasteiger partial charge in [-0.1, -0.05) is 72.8 Å². The van der Waals surface area contributed by atoms with Crippen LogP contribution in [0.15, 0.2) is 103 Å². The fourth-order valence-electron chi connectivity index (χ4n) is 7.17. The lowest BCUT2D eigenvalue weighted by atomic mass is 10.0. The van der Waals surface area contributed by atoms with Crippen molar-refractivity contribution in [2.24, 2.45) is 0 Å². The zero-order chi connectivity index (χ0) is 33.5. The minimum Gasteiger partial charge on any atom is -0.494 e. The maximum Gasteiger partial charge on any atom is 0.199 e. The molecule has 1 fully saturated rings. The molecule has 0 unspecified atom stereocenters. The summed E-state index contributed by atoms with van der Waals surface area (Å²) in [6.45, 7) is 10.4. The zero-order valence-electron chi connectivity index (χ0n) is 29.0. The van der Waals surface area contributed by atoms with Gasteiger partial charge >= 0.3 is 0 Å². The first kappa shape index (κ1) is 33.4. The number of hydrogen-bond acceptors (Lipinski definition) is 5. The molecule has 5 aromatic rings. The average molecular weight is 648 g/mol. The third kappa shape index (κ3) is 7.48. The topological polar surface area (TPSA) is 50.1 Å². The van der Waals surface area contributed by atoms with Crippen LogP contribution in [0, 0.1) is 0 Å². The predicted octanol–water partition coefficient (Wildman–Crippen LogP) is 7.72. The summed E-state index contributed by atoms with van der Waals surface area (Å²) >= 11 is 0. The number of aromatic nitrogens is 1. The summed E-state index contributed by atoms with van der Waals surface area (Å²) in [7, 11) is 5.70. The van der Waals surface area contributed by atoms with Crippen LogP contribution in [-0.4, -0.2) is 79.6 Å². The average Bonchev–Trinajstić information content (AvgIpc) is 3.46. The number of hydrogen-bond donors (Lipinski definition) is 1. The number of ether oxygens (including phenoxy) is 2. The molecule has 0 saturated carbocycles. The molecule has 0 amide bonds. The van der Waals surface area contributed by atoms with Crippen molar-refractivity contribution >= 4 is 16.5 Å². The molecule has 7 heteroatoms. The standard InChI is InChI=1S/C41H50N4O3/c1-5-45(2)26-24-43(25-27-45)38-19-12-18-35-36(38)31-44(41(35)46)37(34-21-22-39(47-3)40(28-34)48-4)20-13-23-42(29-32-14-8-6-9-15-32)30-33-16-10-7-11-17-33/h6-12,14-19,21-22,28,31,37H,5,13,20,23-27,29-30H2,1-4H3/p+1/t37-/m1/s1. The van der Waals surface area contributed by atoms with Crippen LogP contribution in [-0.2, 0) is 13.1 Å². The Balaban J connectivity index is 1.31. The highest BCUT2D eigenvalue weighted by molar-refractivity contribution is 5.98. The predicted molar refractivity (Wildman–Crippen MR) is 196 cm³/mol. The molecule has 1 aromatic heterocycles. The number of fused-ring (bicyclic) bond motifs is 1. The number of quaternary nitrogens is 1. The smallest absolute Gasteiger partial charge is 0.199 e. The lowest BCUT2D eigenvalue weighted by Crippen LogP contribution is -2.57. The monoisotopic (exact) mass is 647 g/mol. The summed E-state index contributed by atoms with van der Waals surface area (Å²) in [6.07, 6.45) is 3.96. The molecule has 48 heavy (non-hydrogen) atoms. The van der Waals surface area contributed by atoms with Crippen molar-refractivity contribution < 1.29 is 19.1 Å². The third-order valence-corrected chi connectivity index (χ3v) is 10.3. The van der Waals surface area contributed by atoms with Gasteiger partial charge in [0.1, 0.15) is 0 Å². The summed E-state index contributed by atoms with van der Waals surface area (Å²) in [5.74, 6) is 1.70. The minimum atomic E-state index is -0.0956. The Morgan fingerprint density at radius 3 is 2.04 bits per heavy atom. The Morgan fingerprint density at radius 2 is 1.44 bits per heavy atom. The molecule has 1 aliphatic rings. The maximum absolute atomic E-state index is 11.9. The van der Waals surface area contributed by atoms with E-state index in [2.05, 4.69) is 119 Å². The molecule has 6 rings (SSSR count). The second-order valence-electron chi connectivity index (χ2n) is 13.4. The van der Waals surface area contributed by atoms with Crippen molar-refractivity contribution in [3.05, 3.63) is 120 Å². The number of benzene rings is 4. The fraction of sp³-hybridized carbons (Fsp3) is 0.366. The second-order valence-corrected chi connectivity index (χ2v) is 13.4. The van der Waals surface area contributed by atoms with Crippen LogP contribution in [0.5, 0.6) is 17.4 Å². The van der Waals surface area contributed by atoms with Crippen LogP contribution in [0.3, 0.4) is 0 Å². The number of rotatable bonds is 14. The van der Waals surface area contributed by atoms with E-state index in [-0.39, 0.29) is 6.04 Å². The van der Waals surface area contributed by atoms with Crippen molar-refractivity contribution in [3.8, 4) is 17.4 Å².